The number of nitrogens with one attached hydrogen (secondary N) is 2. The lowest BCUT2D eigenvalue weighted by Gasteiger charge is -2.42. The molecule has 1 fully saturated rings. The van der Waals surface area contributed by atoms with Crippen molar-refractivity contribution in [3.8, 4) is 11.5 Å². The molecule has 0 radical (unpaired) electrons. The molecule has 0 spiro atoms. The SMILES string of the molecule is COc1cccc(C(=O)Nc2ccc3c(c2)C(=O)N(C)[C@@H]2CC[C@@H](CC(=O)NCC(F)(F)F)O[C@H]2CO3)c1. The van der Waals surface area contributed by atoms with E-state index >= 15 is 0 Å². The second-order valence-electron chi connectivity index (χ2n) is 9.16. The van der Waals surface area contributed by atoms with Crippen molar-refractivity contribution in [2.75, 3.05) is 32.6 Å². The average Bonchev–Trinajstić information content (AvgIpc) is 2.89. The van der Waals surface area contributed by atoms with Crippen LogP contribution in [0.25, 0.3) is 0 Å². The van der Waals surface area contributed by atoms with Crippen molar-refractivity contribution in [1.82, 2.24) is 10.2 Å². The summed E-state index contributed by atoms with van der Waals surface area (Å²) in [5.41, 5.74) is 1.06. The largest absolute Gasteiger partial charge is 0.497 e. The van der Waals surface area contributed by atoms with Crippen LogP contribution in [0.5, 0.6) is 11.5 Å². The standard InChI is InChI=1S/C26H28F3N3O6/c1-32-20-8-7-18(12-23(33)30-14-26(27,28)29)38-22(20)13-37-21-9-6-16(11-19(21)25(32)35)31-24(34)15-4-3-5-17(10-15)36-2/h3-6,9-11,18,20,22H,7-8,12-14H2,1-2H3,(H,30,33)(H,31,34)/t18-,20+,22-/m0/s1. The number of carbonyl (C=O) groups is 3. The smallest absolute Gasteiger partial charge is 0.405 e. The van der Waals surface area contributed by atoms with Gasteiger partial charge < -0.3 is 29.7 Å². The number of halogens is 3. The maximum atomic E-state index is 13.4. The van der Waals surface area contributed by atoms with Crippen LogP contribution in [-0.2, 0) is 9.53 Å². The summed E-state index contributed by atoms with van der Waals surface area (Å²) < 4.78 is 54.1. The van der Waals surface area contributed by atoms with Crippen LogP contribution in [0, 0.1) is 0 Å². The summed E-state index contributed by atoms with van der Waals surface area (Å²) in [4.78, 5) is 39.5. The minimum absolute atomic E-state index is 0.0749. The Morgan fingerprint density at radius 1 is 1.16 bits per heavy atom. The topological polar surface area (TPSA) is 106 Å². The summed E-state index contributed by atoms with van der Waals surface area (Å²) in [6.45, 7) is -1.32. The molecular weight excluding hydrogens is 507 g/mol. The zero-order valence-electron chi connectivity index (χ0n) is 20.8. The van der Waals surface area contributed by atoms with Crippen LogP contribution in [0.1, 0.15) is 40.0 Å². The summed E-state index contributed by atoms with van der Waals surface area (Å²) in [6, 6.07) is 11.0. The summed E-state index contributed by atoms with van der Waals surface area (Å²) in [6.07, 6.45) is -5.00. The first-order valence-electron chi connectivity index (χ1n) is 12.0. The lowest BCUT2D eigenvalue weighted by Crippen LogP contribution is -2.54. The van der Waals surface area contributed by atoms with Crippen LogP contribution < -0.4 is 20.1 Å². The highest BCUT2D eigenvalue weighted by Crippen LogP contribution is 2.32. The molecule has 2 aliphatic rings. The van der Waals surface area contributed by atoms with E-state index in [1.807, 2.05) is 5.32 Å². The molecule has 0 bridgehead atoms. The number of nitrogens with zero attached hydrogens (tertiary/aromatic N) is 1. The van der Waals surface area contributed by atoms with Crippen molar-refractivity contribution < 1.29 is 41.8 Å². The molecule has 0 aromatic heterocycles. The van der Waals surface area contributed by atoms with Gasteiger partial charge >= 0.3 is 6.18 Å². The highest BCUT2D eigenvalue weighted by atomic mass is 19.4. The zero-order valence-corrected chi connectivity index (χ0v) is 20.8. The number of carbonyl (C=O) groups excluding carboxylic acids is 3. The first kappa shape index (κ1) is 27.2. The van der Waals surface area contributed by atoms with E-state index < -0.39 is 30.8 Å². The second kappa shape index (κ2) is 11.3. The van der Waals surface area contributed by atoms with Crippen molar-refractivity contribution in [3.63, 3.8) is 0 Å². The maximum Gasteiger partial charge on any atom is 0.405 e. The third kappa shape index (κ3) is 6.55. The Hall–Kier alpha value is -3.80. The van der Waals surface area contributed by atoms with E-state index in [9.17, 15) is 27.6 Å². The molecule has 0 unspecified atom stereocenters. The zero-order chi connectivity index (χ0) is 27.4. The predicted octanol–water partition coefficient (Wildman–Crippen LogP) is 3.40. The Balaban J connectivity index is 1.43. The van der Waals surface area contributed by atoms with Gasteiger partial charge in [0.15, 0.2) is 0 Å². The normalized spacial score (nSPS) is 21.2. The van der Waals surface area contributed by atoms with Crippen LogP contribution >= 0.6 is 0 Å². The first-order valence-corrected chi connectivity index (χ1v) is 12.0. The molecule has 3 amide bonds. The molecule has 2 aromatic carbocycles. The molecule has 2 aliphatic heterocycles. The van der Waals surface area contributed by atoms with E-state index in [-0.39, 0.29) is 36.4 Å². The Bertz CT molecular complexity index is 1200. The maximum absolute atomic E-state index is 13.4. The summed E-state index contributed by atoms with van der Waals surface area (Å²) in [5, 5.41) is 4.63. The fourth-order valence-electron chi connectivity index (χ4n) is 4.55. The monoisotopic (exact) mass is 535 g/mol. The fourth-order valence-corrected chi connectivity index (χ4v) is 4.55. The molecular formula is C26H28F3N3O6. The highest BCUT2D eigenvalue weighted by molar-refractivity contribution is 6.05. The molecule has 0 aliphatic carbocycles. The molecule has 1 saturated heterocycles. The third-order valence-corrected chi connectivity index (χ3v) is 6.50. The van der Waals surface area contributed by atoms with Crippen molar-refractivity contribution in [3.05, 3.63) is 53.6 Å². The van der Waals surface area contributed by atoms with Gasteiger partial charge in [-0.3, -0.25) is 14.4 Å². The number of methoxy groups -OCH3 is 1. The molecule has 12 heteroatoms. The number of fused-ring (bicyclic) bond motifs is 2. The van der Waals surface area contributed by atoms with Crippen LogP contribution in [0.15, 0.2) is 42.5 Å². The number of hydrogen-bond donors (Lipinski definition) is 2. The van der Waals surface area contributed by atoms with Gasteiger partial charge in [-0.1, -0.05) is 6.07 Å². The molecule has 2 aromatic rings. The molecule has 9 nitrogen and oxygen atoms in total. The molecule has 2 N–H and O–H groups in total. The summed E-state index contributed by atoms with van der Waals surface area (Å²) >= 11 is 0. The number of likely N-dealkylation sites (N-methyl/N-ethyl adjacent to an activating group) is 1. The van der Waals surface area contributed by atoms with Gasteiger partial charge in [-0.15, -0.1) is 0 Å². The average molecular weight is 536 g/mol. The van der Waals surface area contributed by atoms with Gasteiger partial charge in [0.2, 0.25) is 5.91 Å². The highest BCUT2D eigenvalue weighted by Gasteiger charge is 2.39. The van der Waals surface area contributed by atoms with Crippen LogP contribution in [0.4, 0.5) is 18.9 Å². The van der Waals surface area contributed by atoms with Gasteiger partial charge in [-0.05, 0) is 49.2 Å². The predicted molar refractivity (Wildman–Crippen MR) is 130 cm³/mol. The van der Waals surface area contributed by atoms with Gasteiger partial charge in [-0.2, -0.15) is 13.2 Å². The van der Waals surface area contributed by atoms with Crippen molar-refractivity contribution >= 4 is 23.4 Å². The molecule has 2 heterocycles. The lowest BCUT2D eigenvalue weighted by molar-refractivity contribution is -0.144. The fraction of sp³-hybridized carbons (Fsp3) is 0.423. The summed E-state index contributed by atoms with van der Waals surface area (Å²) in [7, 11) is 3.14. The Kier molecular flexibility index (Phi) is 8.10. The van der Waals surface area contributed by atoms with Crippen LogP contribution in [0.3, 0.4) is 0 Å². The lowest BCUT2D eigenvalue weighted by atomic mass is 9.94. The Morgan fingerprint density at radius 3 is 2.68 bits per heavy atom. The first-order chi connectivity index (χ1) is 18.0. The number of hydrogen-bond acceptors (Lipinski definition) is 6. The number of ether oxygens (including phenoxy) is 3. The third-order valence-electron chi connectivity index (χ3n) is 6.50. The number of alkyl halides is 3. The molecule has 0 saturated carbocycles. The van der Waals surface area contributed by atoms with Crippen molar-refractivity contribution in [2.24, 2.45) is 0 Å². The summed E-state index contributed by atoms with van der Waals surface area (Å²) in [5.74, 6) is -0.627. The Morgan fingerprint density at radius 2 is 1.95 bits per heavy atom. The van der Waals surface area contributed by atoms with Gasteiger partial charge in [-0.25, -0.2) is 0 Å². The minimum atomic E-state index is -4.49. The van der Waals surface area contributed by atoms with E-state index in [1.165, 1.54) is 7.11 Å². The molecule has 3 atom stereocenters. The number of anilines is 1. The van der Waals surface area contributed by atoms with E-state index in [1.54, 1.807) is 54.4 Å². The van der Waals surface area contributed by atoms with Gasteiger partial charge in [0.05, 0.1) is 31.2 Å². The number of amides is 3. The molecule has 4 rings (SSSR count). The van der Waals surface area contributed by atoms with Crippen molar-refractivity contribution in [1.29, 1.82) is 0 Å². The quantitative estimate of drug-likeness (QED) is 0.588. The minimum Gasteiger partial charge on any atom is -0.497 e. The molecule has 204 valence electrons. The van der Waals surface area contributed by atoms with Gasteiger partial charge in [0.1, 0.15) is 30.8 Å². The van der Waals surface area contributed by atoms with Crippen LogP contribution in [0.2, 0.25) is 0 Å². The van der Waals surface area contributed by atoms with Crippen molar-refractivity contribution in [2.45, 2.75) is 43.7 Å². The van der Waals surface area contributed by atoms with E-state index in [2.05, 4.69) is 5.32 Å². The van der Waals surface area contributed by atoms with Crippen LogP contribution in [-0.4, -0.2) is 74.4 Å². The number of rotatable bonds is 6. The number of benzene rings is 2. The van der Waals surface area contributed by atoms with Gasteiger partial charge in [0, 0.05) is 18.3 Å². The van der Waals surface area contributed by atoms with E-state index in [0.29, 0.717) is 35.6 Å². The van der Waals surface area contributed by atoms with Gasteiger partial charge in [0.25, 0.3) is 11.8 Å². The Labute approximate surface area is 217 Å². The van der Waals surface area contributed by atoms with E-state index in [0.717, 1.165) is 0 Å². The second-order valence-corrected chi connectivity index (χ2v) is 9.16. The van der Waals surface area contributed by atoms with E-state index in [4.69, 9.17) is 14.2 Å². The molecule has 38 heavy (non-hydrogen) atoms.